The van der Waals surface area contributed by atoms with Crippen LogP contribution in [0, 0.1) is 11.7 Å². The molecule has 4 nitrogen and oxygen atoms in total. The molecule has 23 heavy (non-hydrogen) atoms. The van der Waals surface area contributed by atoms with E-state index in [0.29, 0.717) is 23.7 Å². The molecule has 0 atom stereocenters. The minimum absolute atomic E-state index is 0.0653. The van der Waals surface area contributed by atoms with Crippen molar-refractivity contribution in [3.63, 3.8) is 0 Å². The normalized spacial score (nSPS) is 13.6. The van der Waals surface area contributed by atoms with Crippen molar-refractivity contribution in [3.05, 3.63) is 54.3 Å². The fourth-order valence-corrected chi connectivity index (χ4v) is 2.19. The number of ether oxygens (including phenoxy) is 1. The zero-order valence-electron chi connectivity index (χ0n) is 12.7. The molecule has 0 spiro atoms. The van der Waals surface area contributed by atoms with E-state index in [1.54, 1.807) is 36.4 Å². The second-order valence-corrected chi connectivity index (χ2v) is 5.71. The molecule has 0 unspecified atom stereocenters. The second-order valence-electron chi connectivity index (χ2n) is 5.71. The van der Waals surface area contributed by atoms with E-state index in [-0.39, 0.29) is 11.7 Å². The number of rotatable bonds is 7. The van der Waals surface area contributed by atoms with Gasteiger partial charge in [-0.3, -0.25) is 4.79 Å². The Labute approximate surface area is 134 Å². The average Bonchev–Trinajstić information content (AvgIpc) is 3.34. The molecule has 2 N–H and O–H groups in total. The lowest BCUT2D eigenvalue weighted by molar-refractivity contribution is -0.115. The second kappa shape index (κ2) is 7.24. The van der Waals surface area contributed by atoms with Crippen LogP contribution in [-0.4, -0.2) is 19.0 Å². The van der Waals surface area contributed by atoms with Crippen LogP contribution in [0.3, 0.4) is 0 Å². The highest BCUT2D eigenvalue weighted by atomic mass is 19.1. The third-order valence-corrected chi connectivity index (χ3v) is 3.59. The van der Waals surface area contributed by atoms with Gasteiger partial charge in [0.2, 0.25) is 5.91 Å². The van der Waals surface area contributed by atoms with E-state index < -0.39 is 0 Å². The van der Waals surface area contributed by atoms with Gasteiger partial charge in [-0.2, -0.15) is 0 Å². The lowest BCUT2D eigenvalue weighted by Crippen LogP contribution is -2.29. The van der Waals surface area contributed by atoms with E-state index in [1.807, 2.05) is 0 Å². The smallest absolute Gasteiger partial charge is 0.238 e. The number of anilines is 1. The van der Waals surface area contributed by atoms with Gasteiger partial charge in [-0.25, -0.2) is 4.39 Å². The molecule has 1 amide bonds. The molecule has 0 radical (unpaired) electrons. The molecule has 1 aliphatic rings. The Morgan fingerprint density at radius 2 is 1.91 bits per heavy atom. The number of carbonyl (C=O) groups is 1. The van der Waals surface area contributed by atoms with Gasteiger partial charge in [0.15, 0.2) is 0 Å². The fraction of sp³-hybridized carbons (Fsp3) is 0.278. The Balaban J connectivity index is 1.49. The molecule has 2 aromatic carbocycles. The summed E-state index contributed by atoms with van der Waals surface area (Å²) < 4.78 is 18.7. The van der Waals surface area contributed by atoms with Gasteiger partial charge in [-0.1, -0.05) is 6.07 Å². The first-order valence-electron chi connectivity index (χ1n) is 7.73. The van der Waals surface area contributed by atoms with Crippen LogP contribution in [0.2, 0.25) is 0 Å². The van der Waals surface area contributed by atoms with Gasteiger partial charge in [0.25, 0.3) is 0 Å². The van der Waals surface area contributed by atoms with E-state index >= 15 is 0 Å². The van der Waals surface area contributed by atoms with E-state index in [0.717, 1.165) is 12.5 Å². The summed E-state index contributed by atoms with van der Waals surface area (Å²) in [5.41, 5.74) is 0.704. The molecule has 0 heterocycles. The molecule has 120 valence electrons. The minimum Gasteiger partial charge on any atom is -0.457 e. The highest BCUT2D eigenvalue weighted by molar-refractivity contribution is 5.92. The van der Waals surface area contributed by atoms with Crippen molar-refractivity contribution in [2.45, 2.75) is 12.8 Å². The Hall–Kier alpha value is -2.40. The van der Waals surface area contributed by atoms with Crippen LogP contribution in [0.4, 0.5) is 10.1 Å². The van der Waals surface area contributed by atoms with E-state index in [2.05, 4.69) is 10.6 Å². The van der Waals surface area contributed by atoms with Crippen LogP contribution in [-0.2, 0) is 4.79 Å². The highest BCUT2D eigenvalue weighted by Gasteiger charge is 2.20. The van der Waals surface area contributed by atoms with Gasteiger partial charge in [0.1, 0.15) is 17.3 Å². The van der Waals surface area contributed by atoms with Crippen LogP contribution < -0.4 is 15.4 Å². The number of amides is 1. The molecular weight excluding hydrogens is 295 g/mol. The topological polar surface area (TPSA) is 50.4 Å². The predicted molar refractivity (Wildman–Crippen MR) is 87.1 cm³/mol. The fourth-order valence-electron chi connectivity index (χ4n) is 2.19. The number of nitrogens with one attached hydrogen (secondary N) is 2. The molecule has 3 rings (SSSR count). The van der Waals surface area contributed by atoms with Crippen molar-refractivity contribution in [3.8, 4) is 11.5 Å². The number of hydrogen-bond acceptors (Lipinski definition) is 3. The molecule has 0 aromatic heterocycles. The van der Waals surface area contributed by atoms with Crippen molar-refractivity contribution in [2.24, 2.45) is 5.92 Å². The maximum Gasteiger partial charge on any atom is 0.238 e. The monoisotopic (exact) mass is 314 g/mol. The van der Waals surface area contributed by atoms with Crippen molar-refractivity contribution < 1.29 is 13.9 Å². The summed E-state index contributed by atoms with van der Waals surface area (Å²) in [6, 6.07) is 12.9. The Kier molecular flexibility index (Phi) is 4.88. The Morgan fingerprint density at radius 1 is 1.13 bits per heavy atom. The average molecular weight is 314 g/mol. The molecule has 0 bridgehead atoms. The Bertz CT molecular complexity index is 669. The van der Waals surface area contributed by atoms with Gasteiger partial charge in [-0.15, -0.1) is 0 Å². The first-order chi connectivity index (χ1) is 11.2. The number of halogens is 1. The molecular formula is C18H19FN2O2. The highest BCUT2D eigenvalue weighted by Crippen LogP contribution is 2.27. The number of benzene rings is 2. The first-order valence-corrected chi connectivity index (χ1v) is 7.73. The molecule has 1 fully saturated rings. The van der Waals surface area contributed by atoms with Crippen LogP contribution >= 0.6 is 0 Å². The van der Waals surface area contributed by atoms with Crippen molar-refractivity contribution in [1.29, 1.82) is 0 Å². The van der Waals surface area contributed by atoms with Crippen LogP contribution in [0.25, 0.3) is 0 Å². The molecule has 0 saturated heterocycles. The van der Waals surface area contributed by atoms with E-state index in [1.165, 1.54) is 25.0 Å². The lowest BCUT2D eigenvalue weighted by atomic mass is 10.3. The van der Waals surface area contributed by atoms with Gasteiger partial charge in [0.05, 0.1) is 6.54 Å². The van der Waals surface area contributed by atoms with E-state index in [9.17, 15) is 9.18 Å². The number of hydrogen-bond donors (Lipinski definition) is 2. The van der Waals surface area contributed by atoms with Crippen LogP contribution in [0.5, 0.6) is 11.5 Å². The molecule has 0 aliphatic heterocycles. The van der Waals surface area contributed by atoms with Crippen molar-refractivity contribution >= 4 is 11.6 Å². The zero-order valence-corrected chi connectivity index (χ0v) is 12.7. The summed E-state index contributed by atoms with van der Waals surface area (Å²) in [4.78, 5) is 11.8. The lowest BCUT2D eigenvalue weighted by Gasteiger charge is -2.08. The quantitative estimate of drug-likeness (QED) is 0.821. The zero-order chi connectivity index (χ0) is 16.1. The number of carbonyl (C=O) groups excluding carboxylic acids is 1. The van der Waals surface area contributed by atoms with Crippen molar-refractivity contribution in [2.75, 3.05) is 18.4 Å². The van der Waals surface area contributed by atoms with Gasteiger partial charge >= 0.3 is 0 Å². The third-order valence-electron chi connectivity index (χ3n) is 3.59. The largest absolute Gasteiger partial charge is 0.457 e. The summed E-state index contributed by atoms with van der Waals surface area (Å²) in [7, 11) is 0. The summed E-state index contributed by atoms with van der Waals surface area (Å²) in [5, 5.41) is 5.96. The molecule has 2 aromatic rings. The van der Waals surface area contributed by atoms with Crippen LogP contribution in [0.1, 0.15) is 12.8 Å². The maximum atomic E-state index is 13.1. The minimum atomic E-state index is -0.343. The summed E-state index contributed by atoms with van der Waals surface area (Å²) in [6.07, 6.45) is 2.53. The van der Waals surface area contributed by atoms with Crippen molar-refractivity contribution in [1.82, 2.24) is 5.32 Å². The Morgan fingerprint density at radius 3 is 2.61 bits per heavy atom. The standard InChI is InChI=1S/C18H19FN2O2/c19-14-2-1-3-17(10-14)23-16-8-6-15(7-9-16)21-18(22)12-20-11-13-4-5-13/h1-3,6-10,13,20H,4-5,11-12H2,(H,21,22). The summed E-state index contributed by atoms with van der Waals surface area (Å²) >= 11 is 0. The summed E-state index contributed by atoms with van der Waals surface area (Å²) in [6.45, 7) is 1.23. The molecule has 5 heteroatoms. The first kappa shape index (κ1) is 15.5. The van der Waals surface area contributed by atoms with Gasteiger partial charge in [0, 0.05) is 11.8 Å². The maximum absolute atomic E-state index is 13.1. The van der Waals surface area contributed by atoms with Gasteiger partial charge < -0.3 is 15.4 Å². The third kappa shape index (κ3) is 5.07. The summed E-state index contributed by atoms with van der Waals surface area (Å²) in [5.74, 6) is 1.36. The molecule has 1 saturated carbocycles. The SMILES string of the molecule is O=C(CNCC1CC1)Nc1ccc(Oc2cccc(F)c2)cc1. The predicted octanol–water partition coefficient (Wildman–Crippen LogP) is 3.56. The molecule has 1 aliphatic carbocycles. The van der Waals surface area contributed by atoms with Gasteiger partial charge in [-0.05, 0) is 61.7 Å². The van der Waals surface area contributed by atoms with E-state index in [4.69, 9.17) is 4.74 Å². The van der Waals surface area contributed by atoms with Crippen LogP contribution in [0.15, 0.2) is 48.5 Å².